The zero-order valence-corrected chi connectivity index (χ0v) is 22.6. The number of hydrogen-bond donors (Lipinski definition) is 0. The number of benzene rings is 2. The van der Waals surface area contributed by atoms with E-state index in [1.807, 2.05) is 58.0 Å². The van der Waals surface area contributed by atoms with Gasteiger partial charge in [-0.1, -0.05) is 23.7 Å². The number of methoxy groups -OCH3 is 1. The summed E-state index contributed by atoms with van der Waals surface area (Å²) in [6.07, 6.45) is 0.816. The number of carbonyl (C=O) groups is 2. The number of piperidine rings is 1. The summed E-state index contributed by atoms with van der Waals surface area (Å²) in [6.45, 7) is 8.41. The monoisotopic (exact) mass is 550 g/mol. The fraction of sp³-hybridized carbons (Fsp3) is 0.462. The topological polar surface area (TPSA) is 59.1 Å². The maximum atomic E-state index is 13.8. The van der Waals surface area contributed by atoms with Crippen LogP contribution in [-0.2, 0) is 16.1 Å². The van der Waals surface area contributed by atoms with Crippen LogP contribution in [0.3, 0.4) is 0 Å². The Morgan fingerprint density at radius 2 is 1.85 bits per heavy atom. The van der Waals surface area contributed by atoms with Gasteiger partial charge in [-0.15, -0.1) is 0 Å². The van der Waals surface area contributed by atoms with Crippen molar-refractivity contribution in [1.82, 2.24) is 4.90 Å². The Morgan fingerprint density at radius 3 is 2.41 bits per heavy atom. The average Bonchev–Trinajstić information content (AvgIpc) is 2.76. The third-order valence-electron chi connectivity index (χ3n) is 5.82. The van der Waals surface area contributed by atoms with Crippen molar-refractivity contribution < 1.29 is 19.1 Å². The number of amides is 2. The molecule has 2 aromatic carbocycles. The van der Waals surface area contributed by atoms with Crippen molar-refractivity contribution in [3.05, 3.63) is 57.5 Å². The number of hydrogen-bond acceptors (Lipinski definition) is 4. The molecule has 1 aliphatic heterocycles. The lowest BCUT2D eigenvalue weighted by molar-refractivity contribution is -0.124. The summed E-state index contributed by atoms with van der Waals surface area (Å²) in [6, 6.07) is 13.0. The van der Waals surface area contributed by atoms with Crippen molar-refractivity contribution in [1.29, 1.82) is 0 Å². The van der Waals surface area contributed by atoms with Crippen LogP contribution in [0.25, 0.3) is 0 Å². The molecule has 0 bridgehead atoms. The molecule has 1 heterocycles. The zero-order chi connectivity index (χ0) is 25.0. The summed E-state index contributed by atoms with van der Waals surface area (Å²) >= 11 is 9.73. The van der Waals surface area contributed by atoms with Gasteiger partial charge in [-0.05, 0) is 92.4 Å². The van der Waals surface area contributed by atoms with Gasteiger partial charge in [-0.25, -0.2) is 4.79 Å². The van der Waals surface area contributed by atoms with Crippen LogP contribution >= 0.6 is 27.5 Å². The van der Waals surface area contributed by atoms with Crippen molar-refractivity contribution in [3.8, 4) is 5.75 Å². The molecule has 0 aromatic heterocycles. The summed E-state index contributed by atoms with van der Waals surface area (Å²) in [7, 11) is 1.63. The Balaban J connectivity index is 1.81. The minimum absolute atomic E-state index is 0.0227. The van der Waals surface area contributed by atoms with Gasteiger partial charge in [0, 0.05) is 28.0 Å². The minimum Gasteiger partial charge on any atom is -0.497 e. The van der Waals surface area contributed by atoms with Gasteiger partial charge in [0.2, 0.25) is 5.91 Å². The molecule has 6 nitrogen and oxygen atoms in total. The van der Waals surface area contributed by atoms with Gasteiger partial charge in [0.1, 0.15) is 11.4 Å². The lowest BCUT2D eigenvalue weighted by atomic mass is 9.90. The van der Waals surface area contributed by atoms with E-state index in [-0.39, 0.29) is 24.0 Å². The van der Waals surface area contributed by atoms with E-state index in [0.717, 1.165) is 21.5 Å². The first-order valence-corrected chi connectivity index (χ1v) is 12.5. The molecule has 3 rings (SSSR count). The highest BCUT2D eigenvalue weighted by molar-refractivity contribution is 9.10. The molecule has 1 saturated heterocycles. The zero-order valence-electron chi connectivity index (χ0n) is 20.3. The first-order chi connectivity index (χ1) is 16.0. The minimum atomic E-state index is -0.556. The van der Waals surface area contributed by atoms with E-state index in [1.54, 1.807) is 29.0 Å². The molecule has 0 saturated carbocycles. The second-order valence-corrected chi connectivity index (χ2v) is 10.9. The molecule has 2 amide bonds. The molecule has 1 fully saturated rings. The van der Waals surface area contributed by atoms with Crippen LogP contribution in [0.2, 0.25) is 5.02 Å². The van der Waals surface area contributed by atoms with Crippen LogP contribution < -0.4 is 9.64 Å². The van der Waals surface area contributed by atoms with Crippen molar-refractivity contribution in [2.45, 2.75) is 58.7 Å². The SMILES string of the molecule is COc1ccc(CN(C(=O)[C@H]2CCN(C(=O)OC(C)(C)C)[C@@H](C)C2)c2ccc(Cl)cc2Br)cc1. The molecule has 0 N–H and O–H groups in total. The Morgan fingerprint density at radius 1 is 1.18 bits per heavy atom. The Kier molecular flexibility index (Phi) is 8.52. The van der Waals surface area contributed by atoms with Crippen LogP contribution in [0.5, 0.6) is 5.75 Å². The van der Waals surface area contributed by atoms with Gasteiger partial charge < -0.3 is 19.3 Å². The van der Waals surface area contributed by atoms with Crippen LogP contribution in [-0.4, -0.2) is 42.2 Å². The fourth-order valence-corrected chi connectivity index (χ4v) is 5.00. The number of ether oxygens (including phenoxy) is 2. The number of carbonyl (C=O) groups excluding carboxylic acids is 2. The van der Waals surface area contributed by atoms with Crippen LogP contribution in [0.1, 0.15) is 46.1 Å². The van der Waals surface area contributed by atoms with E-state index in [2.05, 4.69) is 15.9 Å². The smallest absolute Gasteiger partial charge is 0.410 e. The molecular weight excluding hydrogens is 520 g/mol. The number of halogens is 2. The number of likely N-dealkylation sites (tertiary alicyclic amines) is 1. The molecule has 34 heavy (non-hydrogen) atoms. The molecule has 0 spiro atoms. The van der Waals surface area contributed by atoms with E-state index in [4.69, 9.17) is 21.1 Å². The van der Waals surface area contributed by atoms with Crippen LogP contribution in [0.15, 0.2) is 46.9 Å². The van der Waals surface area contributed by atoms with E-state index in [1.165, 1.54) is 0 Å². The highest BCUT2D eigenvalue weighted by Crippen LogP contribution is 2.34. The summed E-state index contributed by atoms with van der Waals surface area (Å²) in [5.74, 6) is 0.571. The second kappa shape index (κ2) is 11.0. The van der Waals surface area contributed by atoms with Gasteiger partial charge in [0.25, 0.3) is 0 Å². The molecule has 0 aliphatic carbocycles. The first kappa shape index (κ1) is 26.4. The summed E-state index contributed by atoms with van der Waals surface area (Å²) in [5, 5.41) is 0.590. The third kappa shape index (κ3) is 6.66. The van der Waals surface area contributed by atoms with Crippen LogP contribution in [0.4, 0.5) is 10.5 Å². The van der Waals surface area contributed by atoms with Gasteiger partial charge in [0.15, 0.2) is 0 Å². The number of nitrogens with zero attached hydrogens (tertiary/aromatic N) is 2. The normalized spacial score (nSPS) is 18.4. The molecule has 0 radical (unpaired) electrons. The molecular formula is C26H32BrClN2O4. The van der Waals surface area contributed by atoms with Crippen molar-refractivity contribution in [3.63, 3.8) is 0 Å². The van der Waals surface area contributed by atoms with E-state index in [9.17, 15) is 9.59 Å². The summed E-state index contributed by atoms with van der Waals surface area (Å²) in [5.41, 5.74) is 1.18. The maximum absolute atomic E-state index is 13.8. The lowest BCUT2D eigenvalue weighted by Gasteiger charge is -2.39. The fourth-order valence-electron chi connectivity index (χ4n) is 4.10. The Hall–Kier alpha value is -2.25. The average molecular weight is 552 g/mol. The number of rotatable bonds is 5. The predicted molar refractivity (Wildman–Crippen MR) is 138 cm³/mol. The van der Waals surface area contributed by atoms with E-state index in [0.29, 0.717) is 31.0 Å². The molecule has 0 unspecified atom stereocenters. The second-order valence-electron chi connectivity index (χ2n) is 9.61. The summed E-state index contributed by atoms with van der Waals surface area (Å²) in [4.78, 5) is 30.0. The molecule has 184 valence electrons. The van der Waals surface area contributed by atoms with Crippen molar-refractivity contribution >= 4 is 45.2 Å². The lowest BCUT2D eigenvalue weighted by Crippen LogP contribution is -2.50. The van der Waals surface area contributed by atoms with Gasteiger partial charge in [-0.2, -0.15) is 0 Å². The molecule has 2 atom stereocenters. The third-order valence-corrected chi connectivity index (χ3v) is 6.69. The largest absolute Gasteiger partial charge is 0.497 e. The highest BCUT2D eigenvalue weighted by Gasteiger charge is 2.36. The quantitative estimate of drug-likeness (QED) is 0.416. The Labute approximate surface area is 215 Å². The maximum Gasteiger partial charge on any atom is 0.410 e. The highest BCUT2D eigenvalue weighted by atomic mass is 79.9. The molecule has 1 aliphatic rings. The molecule has 2 aromatic rings. The first-order valence-electron chi connectivity index (χ1n) is 11.4. The summed E-state index contributed by atoms with van der Waals surface area (Å²) < 4.78 is 11.6. The van der Waals surface area contributed by atoms with Crippen LogP contribution in [0, 0.1) is 5.92 Å². The standard InChI is InChI=1S/C26H32BrClN2O4/c1-17-14-19(12-13-29(17)25(32)34-26(2,3)4)24(31)30(23-11-8-20(28)15-22(23)27)16-18-6-9-21(33-5)10-7-18/h6-11,15,17,19H,12-14,16H2,1-5H3/t17-,19-/m0/s1. The van der Waals surface area contributed by atoms with Gasteiger partial charge in [-0.3, -0.25) is 4.79 Å². The van der Waals surface area contributed by atoms with E-state index < -0.39 is 5.60 Å². The molecule has 8 heteroatoms. The van der Waals surface area contributed by atoms with Gasteiger partial charge >= 0.3 is 6.09 Å². The Bertz CT molecular complexity index is 1020. The number of anilines is 1. The van der Waals surface area contributed by atoms with Crippen molar-refractivity contribution in [2.24, 2.45) is 5.92 Å². The van der Waals surface area contributed by atoms with E-state index >= 15 is 0 Å². The van der Waals surface area contributed by atoms with Gasteiger partial charge in [0.05, 0.1) is 19.3 Å². The van der Waals surface area contributed by atoms with Crippen molar-refractivity contribution in [2.75, 3.05) is 18.6 Å². The predicted octanol–water partition coefficient (Wildman–Crippen LogP) is 6.68.